The Hall–Kier alpha value is -1.53. The average molecular weight is 205 g/mol. The number of rotatable bonds is 4. The summed E-state index contributed by atoms with van der Waals surface area (Å²) in [5.74, 6) is 0.769. The number of nitriles is 1. The van der Waals surface area contributed by atoms with Gasteiger partial charge in [-0.25, -0.2) is 0 Å². The molecule has 0 radical (unpaired) electrons. The van der Waals surface area contributed by atoms with E-state index in [9.17, 15) is 0 Å². The van der Waals surface area contributed by atoms with Gasteiger partial charge < -0.3 is 9.84 Å². The van der Waals surface area contributed by atoms with Crippen LogP contribution in [-0.2, 0) is 6.42 Å². The minimum Gasteiger partial charge on any atom is -0.497 e. The first-order valence-corrected chi connectivity index (χ1v) is 4.78. The van der Waals surface area contributed by atoms with Crippen LogP contribution < -0.4 is 4.74 Å². The van der Waals surface area contributed by atoms with Crippen molar-refractivity contribution in [3.8, 4) is 11.8 Å². The van der Waals surface area contributed by atoms with Gasteiger partial charge in [0.2, 0.25) is 0 Å². The molecule has 0 fully saturated rings. The van der Waals surface area contributed by atoms with E-state index in [1.807, 2.05) is 24.3 Å². The van der Waals surface area contributed by atoms with Gasteiger partial charge in [0.1, 0.15) is 5.75 Å². The maximum absolute atomic E-state index is 9.12. The van der Waals surface area contributed by atoms with Gasteiger partial charge in [0.15, 0.2) is 0 Å². The molecule has 3 heteroatoms. The molecule has 0 saturated carbocycles. The van der Waals surface area contributed by atoms with Crippen LogP contribution in [0.1, 0.15) is 12.5 Å². The zero-order valence-corrected chi connectivity index (χ0v) is 9.03. The van der Waals surface area contributed by atoms with Crippen molar-refractivity contribution >= 4 is 0 Å². The molecule has 0 spiro atoms. The summed E-state index contributed by atoms with van der Waals surface area (Å²) in [4.78, 5) is 0. The Kier molecular flexibility index (Phi) is 3.70. The quantitative estimate of drug-likeness (QED) is 0.814. The van der Waals surface area contributed by atoms with Gasteiger partial charge in [0.25, 0.3) is 0 Å². The predicted molar refractivity (Wildman–Crippen MR) is 57.5 cm³/mol. The predicted octanol–water partition coefficient (Wildman–Crippen LogP) is 1.76. The normalized spacial score (nSPS) is 14.0. The van der Waals surface area contributed by atoms with Gasteiger partial charge >= 0.3 is 0 Å². The van der Waals surface area contributed by atoms with E-state index in [0.717, 1.165) is 11.3 Å². The van der Waals surface area contributed by atoms with E-state index in [1.54, 1.807) is 14.0 Å². The van der Waals surface area contributed by atoms with Crippen molar-refractivity contribution in [3.63, 3.8) is 0 Å². The summed E-state index contributed by atoms with van der Waals surface area (Å²) in [6, 6.07) is 9.66. The minimum absolute atomic E-state index is 0.138. The maximum atomic E-state index is 9.12. The first-order valence-electron chi connectivity index (χ1n) is 4.78. The monoisotopic (exact) mass is 205 g/mol. The Morgan fingerprint density at radius 1 is 1.53 bits per heavy atom. The van der Waals surface area contributed by atoms with E-state index in [4.69, 9.17) is 15.1 Å². The Balaban J connectivity index is 2.85. The first kappa shape index (κ1) is 11.5. The number of methoxy groups -OCH3 is 1. The molecule has 80 valence electrons. The summed E-state index contributed by atoms with van der Waals surface area (Å²) in [7, 11) is 1.61. The molecule has 1 atom stereocenters. The SMILES string of the molecule is COc1cccc(CC(C)(C#N)CO)c1. The molecule has 0 aliphatic rings. The summed E-state index contributed by atoms with van der Waals surface area (Å²) in [5.41, 5.74) is 0.277. The van der Waals surface area contributed by atoms with Gasteiger partial charge in [-0.05, 0) is 31.0 Å². The van der Waals surface area contributed by atoms with Gasteiger partial charge in [-0.15, -0.1) is 0 Å². The summed E-state index contributed by atoms with van der Waals surface area (Å²) in [6.07, 6.45) is 0.525. The third-order valence-corrected chi connectivity index (χ3v) is 2.35. The maximum Gasteiger partial charge on any atom is 0.119 e. The average Bonchev–Trinajstić information content (AvgIpc) is 2.29. The molecule has 15 heavy (non-hydrogen) atoms. The van der Waals surface area contributed by atoms with Gasteiger partial charge in [0, 0.05) is 0 Å². The summed E-state index contributed by atoms with van der Waals surface area (Å²) >= 11 is 0. The molecule has 3 nitrogen and oxygen atoms in total. The molecule has 0 bridgehead atoms. The van der Waals surface area contributed by atoms with Crippen LogP contribution >= 0.6 is 0 Å². The van der Waals surface area contributed by atoms with Crippen LogP contribution in [0.3, 0.4) is 0 Å². The van der Waals surface area contributed by atoms with Crippen LogP contribution in [0.5, 0.6) is 5.75 Å². The van der Waals surface area contributed by atoms with E-state index in [-0.39, 0.29) is 6.61 Å². The molecule has 0 heterocycles. The van der Waals surface area contributed by atoms with Crippen molar-refractivity contribution in [1.82, 2.24) is 0 Å². The fourth-order valence-electron chi connectivity index (χ4n) is 1.36. The van der Waals surface area contributed by atoms with Crippen LogP contribution in [0.25, 0.3) is 0 Å². The fraction of sp³-hybridized carbons (Fsp3) is 0.417. The van der Waals surface area contributed by atoms with Crippen LogP contribution in [0.15, 0.2) is 24.3 Å². The fourth-order valence-corrected chi connectivity index (χ4v) is 1.36. The third-order valence-electron chi connectivity index (χ3n) is 2.35. The standard InChI is InChI=1S/C12H15NO2/c1-12(8-13,9-14)7-10-4-3-5-11(6-10)15-2/h3-6,14H,7,9H2,1-2H3. The second-order valence-corrected chi connectivity index (χ2v) is 3.86. The molecular weight excluding hydrogens is 190 g/mol. The Labute approximate surface area is 89.9 Å². The molecule has 1 rings (SSSR count). The second kappa shape index (κ2) is 4.81. The molecule has 0 aliphatic carbocycles. The Bertz CT molecular complexity index is 370. The minimum atomic E-state index is -0.716. The lowest BCUT2D eigenvalue weighted by atomic mass is 9.86. The molecule has 1 aromatic carbocycles. The largest absolute Gasteiger partial charge is 0.497 e. The highest BCUT2D eigenvalue weighted by Crippen LogP contribution is 2.23. The van der Waals surface area contributed by atoms with Crippen LogP contribution in [-0.4, -0.2) is 18.8 Å². The zero-order valence-electron chi connectivity index (χ0n) is 9.03. The van der Waals surface area contributed by atoms with Crippen molar-refractivity contribution in [2.24, 2.45) is 5.41 Å². The van der Waals surface area contributed by atoms with Crippen LogP contribution in [0, 0.1) is 16.7 Å². The third kappa shape index (κ3) is 2.97. The molecular formula is C12H15NO2. The summed E-state index contributed by atoms with van der Waals surface area (Å²) < 4.78 is 5.09. The zero-order chi connectivity index (χ0) is 11.3. The van der Waals surface area contributed by atoms with Crippen molar-refractivity contribution in [1.29, 1.82) is 5.26 Å². The van der Waals surface area contributed by atoms with Crippen molar-refractivity contribution < 1.29 is 9.84 Å². The topological polar surface area (TPSA) is 53.2 Å². The number of ether oxygens (including phenoxy) is 1. The number of aliphatic hydroxyl groups excluding tert-OH is 1. The molecule has 0 aromatic heterocycles. The number of hydrogen-bond donors (Lipinski definition) is 1. The van der Waals surface area contributed by atoms with Gasteiger partial charge in [-0.2, -0.15) is 5.26 Å². The van der Waals surface area contributed by atoms with Crippen molar-refractivity contribution in [2.75, 3.05) is 13.7 Å². The van der Waals surface area contributed by atoms with Gasteiger partial charge in [-0.1, -0.05) is 12.1 Å². The van der Waals surface area contributed by atoms with Crippen LogP contribution in [0.4, 0.5) is 0 Å². The van der Waals surface area contributed by atoms with E-state index < -0.39 is 5.41 Å². The van der Waals surface area contributed by atoms with E-state index in [1.165, 1.54) is 0 Å². The molecule has 1 aromatic rings. The molecule has 1 unspecified atom stereocenters. The number of aliphatic hydroxyl groups is 1. The van der Waals surface area contributed by atoms with Crippen molar-refractivity contribution in [3.05, 3.63) is 29.8 Å². The van der Waals surface area contributed by atoms with Gasteiger partial charge in [0.05, 0.1) is 25.2 Å². The Morgan fingerprint density at radius 3 is 2.80 bits per heavy atom. The van der Waals surface area contributed by atoms with Crippen molar-refractivity contribution in [2.45, 2.75) is 13.3 Å². The molecule has 1 N–H and O–H groups in total. The highest BCUT2D eigenvalue weighted by Gasteiger charge is 2.23. The summed E-state index contributed by atoms with van der Waals surface area (Å²) in [6.45, 7) is 1.60. The highest BCUT2D eigenvalue weighted by atomic mass is 16.5. The Morgan fingerprint density at radius 2 is 2.27 bits per heavy atom. The lowest BCUT2D eigenvalue weighted by Gasteiger charge is -2.18. The summed E-state index contributed by atoms with van der Waals surface area (Å²) in [5, 5.41) is 18.1. The lowest BCUT2D eigenvalue weighted by Crippen LogP contribution is -2.21. The molecule has 0 aliphatic heterocycles. The lowest BCUT2D eigenvalue weighted by molar-refractivity contribution is 0.190. The van der Waals surface area contributed by atoms with E-state index in [0.29, 0.717) is 6.42 Å². The smallest absolute Gasteiger partial charge is 0.119 e. The highest BCUT2D eigenvalue weighted by molar-refractivity contribution is 5.29. The first-order chi connectivity index (χ1) is 7.13. The second-order valence-electron chi connectivity index (χ2n) is 3.86. The van der Waals surface area contributed by atoms with Crippen LogP contribution in [0.2, 0.25) is 0 Å². The molecule has 0 amide bonds. The van der Waals surface area contributed by atoms with Gasteiger partial charge in [-0.3, -0.25) is 0 Å². The number of nitrogens with zero attached hydrogens (tertiary/aromatic N) is 1. The van der Waals surface area contributed by atoms with E-state index >= 15 is 0 Å². The van der Waals surface area contributed by atoms with E-state index in [2.05, 4.69) is 6.07 Å². The molecule has 0 saturated heterocycles. The number of hydrogen-bond acceptors (Lipinski definition) is 3. The number of benzene rings is 1.